The average Bonchev–Trinajstić information content (AvgIpc) is 2.82. The summed E-state index contributed by atoms with van der Waals surface area (Å²) in [7, 11) is 2.85. The number of hydrogen-bond donors (Lipinski definition) is 3. The standard InChI is InChI=1S/C29H36F3N3O7/c1-7-35(27(2,3)4)11-13-10-16(36)18-14(20(13)29(30,31)32)8-12-9-15-21(34(5)6)23(38)19(26(33)41)25(40)28(15,42)24(39)17(12)22(18)37/h10,12,15,17,19,21,36,42H,7-9,11H2,1-6H3,(H2,33,41)/t12-,15-,17?,19?,21-,28-/m0/s1. The van der Waals surface area contributed by atoms with Crippen LogP contribution in [0.4, 0.5) is 13.2 Å². The average molecular weight is 596 g/mol. The number of Topliss-reactive ketones (excluding diaryl/α,β-unsaturated/α-hetero) is 4. The van der Waals surface area contributed by atoms with Crippen LogP contribution < -0.4 is 5.73 Å². The molecule has 6 atom stereocenters. The van der Waals surface area contributed by atoms with E-state index in [9.17, 15) is 47.4 Å². The summed E-state index contributed by atoms with van der Waals surface area (Å²) in [6, 6.07) is -0.465. The number of alkyl halides is 3. The molecular weight excluding hydrogens is 559 g/mol. The fourth-order valence-electron chi connectivity index (χ4n) is 7.25. The maximum Gasteiger partial charge on any atom is 0.417 e. The van der Waals surface area contributed by atoms with E-state index in [4.69, 9.17) is 5.73 Å². The number of carbonyl (C=O) groups excluding carboxylic acids is 5. The Morgan fingerprint density at radius 1 is 1.12 bits per heavy atom. The summed E-state index contributed by atoms with van der Waals surface area (Å²) in [5.41, 5.74) is -0.640. The molecule has 0 bridgehead atoms. The molecule has 1 aromatic rings. The first kappa shape index (κ1) is 31.8. The highest BCUT2D eigenvalue weighted by molar-refractivity contribution is 6.32. The van der Waals surface area contributed by atoms with Crippen molar-refractivity contribution in [3.8, 4) is 5.75 Å². The number of amides is 1. The second-order valence-electron chi connectivity index (χ2n) is 12.8. The van der Waals surface area contributed by atoms with E-state index in [2.05, 4.69) is 0 Å². The molecule has 0 aliphatic heterocycles. The quantitative estimate of drug-likeness (QED) is 0.429. The summed E-state index contributed by atoms with van der Waals surface area (Å²) in [6.45, 7) is 7.51. The summed E-state index contributed by atoms with van der Waals surface area (Å²) in [4.78, 5) is 69.3. The summed E-state index contributed by atoms with van der Waals surface area (Å²) in [5.74, 6) is -13.4. The molecule has 1 aromatic carbocycles. The van der Waals surface area contributed by atoms with Crippen molar-refractivity contribution in [3.05, 3.63) is 28.3 Å². The van der Waals surface area contributed by atoms with E-state index < -0.39 is 105 Å². The Balaban J connectivity index is 1.91. The van der Waals surface area contributed by atoms with Gasteiger partial charge in [0.15, 0.2) is 34.7 Å². The molecule has 2 unspecified atom stereocenters. The Hall–Kier alpha value is -3.16. The molecule has 4 rings (SSSR count). The molecule has 0 spiro atoms. The van der Waals surface area contributed by atoms with E-state index in [-0.39, 0.29) is 18.5 Å². The van der Waals surface area contributed by atoms with Crippen molar-refractivity contribution in [2.75, 3.05) is 20.6 Å². The van der Waals surface area contributed by atoms with Crippen LogP contribution in [0.15, 0.2) is 6.07 Å². The normalized spacial score (nSPS) is 30.0. The number of ketones is 4. The van der Waals surface area contributed by atoms with Gasteiger partial charge in [0.2, 0.25) is 5.91 Å². The third kappa shape index (κ3) is 4.65. The molecule has 2 saturated carbocycles. The second-order valence-corrected chi connectivity index (χ2v) is 12.8. The lowest BCUT2D eigenvalue weighted by Crippen LogP contribution is -2.74. The first-order valence-electron chi connectivity index (χ1n) is 13.7. The van der Waals surface area contributed by atoms with Crippen molar-refractivity contribution in [2.45, 2.75) is 70.4 Å². The lowest BCUT2D eigenvalue weighted by Gasteiger charge is -2.52. The third-order valence-electron chi connectivity index (χ3n) is 9.12. The van der Waals surface area contributed by atoms with Crippen LogP contribution in [0.25, 0.3) is 0 Å². The highest BCUT2D eigenvalue weighted by Crippen LogP contribution is 2.52. The van der Waals surface area contributed by atoms with E-state index in [1.54, 1.807) is 11.8 Å². The number of phenolic OH excluding ortho intramolecular Hbond substituents is 1. The molecule has 0 aromatic heterocycles. The van der Waals surface area contributed by atoms with Crippen LogP contribution in [0.5, 0.6) is 5.75 Å². The van der Waals surface area contributed by atoms with Crippen molar-refractivity contribution >= 4 is 29.0 Å². The van der Waals surface area contributed by atoms with Gasteiger partial charge < -0.3 is 15.9 Å². The SMILES string of the molecule is CCN(Cc1cc(O)c2c(c1C(F)(F)F)C[C@H]1C[C@H]3[C@H](N(C)C)C(=O)C(C(N)=O)C(=O)[C@@]3(O)C(=O)C1C2=O)C(C)(C)C. The fourth-order valence-corrected chi connectivity index (χ4v) is 7.25. The number of halogens is 3. The highest BCUT2D eigenvalue weighted by atomic mass is 19.4. The van der Waals surface area contributed by atoms with E-state index in [0.717, 1.165) is 6.07 Å². The molecule has 10 nitrogen and oxygen atoms in total. The van der Waals surface area contributed by atoms with E-state index >= 15 is 0 Å². The number of benzene rings is 1. The van der Waals surface area contributed by atoms with Crippen LogP contribution in [0.2, 0.25) is 0 Å². The number of phenols is 1. The van der Waals surface area contributed by atoms with Gasteiger partial charge in [-0.2, -0.15) is 13.2 Å². The fraction of sp³-hybridized carbons (Fsp3) is 0.621. The number of aromatic hydroxyl groups is 1. The highest BCUT2D eigenvalue weighted by Gasteiger charge is 2.69. The van der Waals surface area contributed by atoms with Gasteiger partial charge in [0.1, 0.15) is 5.75 Å². The minimum atomic E-state index is -4.92. The zero-order valence-electron chi connectivity index (χ0n) is 24.3. The number of likely N-dealkylation sites (N-methyl/N-ethyl adjacent to an activating group) is 1. The van der Waals surface area contributed by atoms with Gasteiger partial charge in [-0.3, -0.25) is 33.8 Å². The van der Waals surface area contributed by atoms with Gasteiger partial charge in [-0.25, -0.2) is 0 Å². The van der Waals surface area contributed by atoms with Crippen molar-refractivity contribution in [1.29, 1.82) is 0 Å². The Labute approximate surface area is 241 Å². The topological polar surface area (TPSA) is 158 Å². The third-order valence-corrected chi connectivity index (χ3v) is 9.12. The molecule has 3 aliphatic carbocycles. The first-order valence-corrected chi connectivity index (χ1v) is 13.7. The van der Waals surface area contributed by atoms with Gasteiger partial charge in [-0.1, -0.05) is 6.92 Å². The molecule has 42 heavy (non-hydrogen) atoms. The van der Waals surface area contributed by atoms with Crippen LogP contribution in [-0.4, -0.2) is 86.9 Å². The molecule has 3 aliphatic rings. The van der Waals surface area contributed by atoms with E-state index in [1.165, 1.54) is 19.0 Å². The van der Waals surface area contributed by atoms with Gasteiger partial charge in [0.25, 0.3) is 0 Å². The van der Waals surface area contributed by atoms with Gasteiger partial charge in [-0.05, 0) is 77.4 Å². The van der Waals surface area contributed by atoms with Gasteiger partial charge in [0.05, 0.1) is 23.1 Å². The van der Waals surface area contributed by atoms with Gasteiger partial charge >= 0.3 is 6.18 Å². The molecule has 4 N–H and O–H groups in total. The Kier molecular flexibility index (Phi) is 7.74. The minimum absolute atomic E-state index is 0.181. The molecule has 1 amide bonds. The van der Waals surface area contributed by atoms with E-state index in [1.807, 2.05) is 20.8 Å². The number of nitrogens with zero attached hydrogens (tertiary/aromatic N) is 2. The van der Waals surface area contributed by atoms with Crippen molar-refractivity contribution in [3.63, 3.8) is 0 Å². The number of nitrogens with two attached hydrogens (primary N) is 1. The number of rotatable bonds is 5. The number of fused-ring (bicyclic) bond motifs is 3. The molecule has 0 heterocycles. The summed E-state index contributed by atoms with van der Waals surface area (Å²) in [6.07, 6.45) is -5.73. The zero-order valence-corrected chi connectivity index (χ0v) is 24.3. The number of primary amides is 1. The van der Waals surface area contributed by atoms with Gasteiger partial charge in [0, 0.05) is 18.0 Å². The minimum Gasteiger partial charge on any atom is -0.507 e. The number of hydrogen-bond acceptors (Lipinski definition) is 9. The number of aliphatic hydroxyl groups is 1. The zero-order chi connectivity index (χ0) is 31.9. The predicted molar refractivity (Wildman–Crippen MR) is 142 cm³/mol. The van der Waals surface area contributed by atoms with E-state index in [0.29, 0.717) is 6.54 Å². The lowest BCUT2D eigenvalue weighted by molar-refractivity contribution is -0.181. The summed E-state index contributed by atoms with van der Waals surface area (Å²) < 4.78 is 44.1. The van der Waals surface area contributed by atoms with Crippen molar-refractivity contribution in [2.24, 2.45) is 29.4 Å². The number of carbonyl (C=O) groups is 5. The molecule has 0 radical (unpaired) electrons. The van der Waals surface area contributed by atoms with Gasteiger partial charge in [-0.15, -0.1) is 0 Å². The largest absolute Gasteiger partial charge is 0.507 e. The van der Waals surface area contributed by atoms with Crippen LogP contribution in [0.3, 0.4) is 0 Å². The summed E-state index contributed by atoms with van der Waals surface area (Å²) in [5, 5.41) is 22.5. The first-order chi connectivity index (χ1) is 19.2. The molecule has 13 heteroatoms. The van der Waals surface area contributed by atoms with Crippen molar-refractivity contribution in [1.82, 2.24) is 9.80 Å². The Morgan fingerprint density at radius 3 is 2.19 bits per heavy atom. The maximum atomic E-state index is 14.7. The van der Waals surface area contributed by atoms with Crippen molar-refractivity contribution < 1.29 is 47.4 Å². The van der Waals surface area contributed by atoms with Crippen LogP contribution in [0.1, 0.15) is 61.2 Å². The smallest absolute Gasteiger partial charge is 0.417 e. The lowest BCUT2D eigenvalue weighted by atomic mass is 9.52. The van der Waals surface area contributed by atoms with Crippen LogP contribution >= 0.6 is 0 Å². The molecular formula is C29H36F3N3O7. The molecule has 230 valence electrons. The predicted octanol–water partition coefficient (Wildman–Crippen LogP) is 1.51. The monoisotopic (exact) mass is 595 g/mol. The summed E-state index contributed by atoms with van der Waals surface area (Å²) >= 11 is 0. The Bertz CT molecular complexity index is 1380. The molecule has 2 fully saturated rings. The van der Waals surface area contributed by atoms with Crippen LogP contribution in [0, 0.1) is 23.7 Å². The maximum absolute atomic E-state index is 14.7. The van der Waals surface area contributed by atoms with Crippen LogP contribution in [-0.2, 0) is 38.3 Å². The second kappa shape index (κ2) is 10.2. The Morgan fingerprint density at radius 2 is 1.71 bits per heavy atom. The molecule has 0 saturated heterocycles.